The Kier molecular flexibility index (Phi) is 5.82. The van der Waals surface area contributed by atoms with Crippen LogP contribution in [-0.2, 0) is 11.3 Å². The molecule has 21 heavy (non-hydrogen) atoms. The molecule has 1 aliphatic carbocycles. The summed E-state index contributed by atoms with van der Waals surface area (Å²) in [7, 11) is 4.13. The molecule has 0 aliphatic heterocycles. The Labute approximate surface area is 135 Å². The second-order valence-corrected chi connectivity index (χ2v) is 6.94. The molecule has 1 aromatic heterocycles. The van der Waals surface area contributed by atoms with Crippen LogP contribution in [0.25, 0.3) is 0 Å². The zero-order chi connectivity index (χ0) is 15.5. The fourth-order valence-electron chi connectivity index (χ4n) is 3.21. The van der Waals surface area contributed by atoms with Gasteiger partial charge in [0.2, 0.25) is 0 Å². The molecule has 0 spiro atoms. The molecule has 1 heterocycles. The third-order valence-corrected chi connectivity index (χ3v) is 4.95. The van der Waals surface area contributed by atoms with Gasteiger partial charge >= 0.3 is 0 Å². The predicted octanol–water partition coefficient (Wildman–Crippen LogP) is 2.56. The van der Waals surface area contributed by atoms with E-state index in [4.69, 9.17) is 10.5 Å². The van der Waals surface area contributed by atoms with Gasteiger partial charge in [-0.05, 0) is 49.8 Å². The maximum absolute atomic E-state index is 6.64. The number of hydrogen-bond donors (Lipinski definition) is 1. The van der Waals surface area contributed by atoms with Gasteiger partial charge in [0.1, 0.15) is 0 Å². The summed E-state index contributed by atoms with van der Waals surface area (Å²) < 4.78 is 9.12. The van der Waals surface area contributed by atoms with Crippen molar-refractivity contribution in [2.24, 2.45) is 5.73 Å². The highest BCUT2D eigenvalue weighted by Gasteiger charge is 2.43. The highest BCUT2D eigenvalue weighted by molar-refractivity contribution is 9.10. The van der Waals surface area contributed by atoms with Gasteiger partial charge in [-0.25, -0.2) is 0 Å². The average molecular weight is 359 g/mol. The number of aromatic nitrogens is 2. The highest BCUT2D eigenvalue weighted by atomic mass is 79.9. The first-order valence-electron chi connectivity index (χ1n) is 7.75. The van der Waals surface area contributed by atoms with Crippen molar-refractivity contribution in [3.8, 4) is 0 Å². The molecule has 1 atom stereocenters. The first-order valence-corrected chi connectivity index (χ1v) is 8.55. The molecule has 1 aliphatic rings. The monoisotopic (exact) mass is 358 g/mol. The minimum atomic E-state index is -0.229. The lowest BCUT2D eigenvalue weighted by atomic mass is 9.90. The van der Waals surface area contributed by atoms with Crippen molar-refractivity contribution in [1.29, 1.82) is 0 Å². The molecule has 0 amide bonds. The SMILES string of the molecule is CCOC1(C(N)c2c(Br)cnn2CCN(C)C)CCCC1. The second-order valence-electron chi connectivity index (χ2n) is 6.09. The van der Waals surface area contributed by atoms with Crippen LogP contribution in [0.2, 0.25) is 0 Å². The van der Waals surface area contributed by atoms with Gasteiger partial charge in [-0.15, -0.1) is 0 Å². The fourth-order valence-corrected chi connectivity index (χ4v) is 3.75. The van der Waals surface area contributed by atoms with Gasteiger partial charge in [0.25, 0.3) is 0 Å². The van der Waals surface area contributed by atoms with Gasteiger partial charge in [0.15, 0.2) is 0 Å². The smallest absolute Gasteiger partial charge is 0.0889 e. The molecule has 5 nitrogen and oxygen atoms in total. The third-order valence-electron chi connectivity index (χ3n) is 4.34. The van der Waals surface area contributed by atoms with Crippen LogP contribution in [0.1, 0.15) is 44.3 Å². The van der Waals surface area contributed by atoms with Crippen molar-refractivity contribution in [2.45, 2.75) is 50.8 Å². The minimum absolute atomic E-state index is 0.140. The zero-order valence-electron chi connectivity index (χ0n) is 13.3. The second kappa shape index (κ2) is 7.22. The largest absolute Gasteiger partial charge is 0.373 e. The molecule has 0 radical (unpaired) electrons. The molecular formula is C15H27BrN4O. The quantitative estimate of drug-likeness (QED) is 0.813. The number of ether oxygens (including phenoxy) is 1. The summed E-state index contributed by atoms with van der Waals surface area (Å²) in [5.74, 6) is 0. The maximum atomic E-state index is 6.64. The number of halogens is 1. The van der Waals surface area contributed by atoms with Crippen LogP contribution in [0.4, 0.5) is 0 Å². The van der Waals surface area contributed by atoms with Crippen molar-refractivity contribution in [3.05, 3.63) is 16.4 Å². The van der Waals surface area contributed by atoms with Crippen LogP contribution in [0.15, 0.2) is 10.7 Å². The number of nitrogens with two attached hydrogens (primary N) is 1. The van der Waals surface area contributed by atoms with Crippen LogP contribution in [-0.4, -0.2) is 47.5 Å². The van der Waals surface area contributed by atoms with E-state index >= 15 is 0 Å². The molecule has 2 rings (SSSR count). The van der Waals surface area contributed by atoms with Gasteiger partial charge < -0.3 is 15.4 Å². The highest BCUT2D eigenvalue weighted by Crippen LogP contribution is 2.43. The van der Waals surface area contributed by atoms with E-state index in [1.165, 1.54) is 12.8 Å². The first-order chi connectivity index (χ1) is 10.00. The minimum Gasteiger partial charge on any atom is -0.373 e. The summed E-state index contributed by atoms with van der Waals surface area (Å²) in [5, 5.41) is 4.48. The van der Waals surface area contributed by atoms with Gasteiger partial charge in [0, 0.05) is 13.2 Å². The number of nitrogens with zero attached hydrogens (tertiary/aromatic N) is 3. The van der Waals surface area contributed by atoms with E-state index in [1.54, 1.807) is 0 Å². The third kappa shape index (κ3) is 3.67. The van der Waals surface area contributed by atoms with E-state index in [0.717, 1.165) is 36.1 Å². The number of hydrogen-bond acceptors (Lipinski definition) is 4. The van der Waals surface area contributed by atoms with Gasteiger partial charge in [-0.2, -0.15) is 5.10 Å². The van der Waals surface area contributed by atoms with Crippen molar-refractivity contribution >= 4 is 15.9 Å². The fraction of sp³-hybridized carbons (Fsp3) is 0.800. The standard InChI is InChI=1S/C15H27BrN4O/c1-4-21-15(7-5-6-8-15)14(17)13-12(16)11-18-20(13)10-9-19(2)3/h11,14H,4-10,17H2,1-3H3. The maximum Gasteiger partial charge on any atom is 0.0889 e. The topological polar surface area (TPSA) is 56.3 Å². The summed E-state index contributed by atoms with van der Waals surface area (Å²) in [6.45, 7) is 4.53. The Morgan fingerprint density at radius 3 is 2.71 bits per heavy atom. The molecule has 1 fully saturated rings. The van der Waals surface area contributed by atoms with E-state index in [1.807, 2.05) is 17.8 Å². The molecule has 0 bridgehead atoms. The molecule has 0 aromatic carbocycles. The molecule has 1 unspecified atom stereocenters. The molecule has 1 saturated carbocycles. The van der Waals surface area contributed by atoms with E-state index in [2.05, 4.69) is 40.0 Å². The average Bonchev–Trinajstić information content (AvgIpc) is 3.04. The van der Waals surface area contributed by atoms with Crippen molar-refractivity contribution in [2.75, 3.05) is 27.2 Å². The molecular weight excluding hydrogens is 332 g/mol. The van der Waals surface area contributed by atoms with E-state index < -0.39 is 0 Å². The van der Waals surface area contributed by atoms with E-state index in [-0.39, 0.29) is 11.6 Å². The summed E-state index contributed by atoms with van der Waals surface area (Å²) in [4.78, 5) is 2.15. The van der Waals surface area contributed by atoms with Gasteiger partial charge in [0.05, 0.1) is 34.6 Å². The van der Waals surface area contributed by atoms with Crippen molar-refractivity contribution in [1.82, 2.24) is 14.7 Å². The van der Waals surface area contributed by atoms with Crippen molar-refractivity contribution < 1.29 is 4.74 Å². The van der Waals surface area contributed by atoms with E-state index in [0.29, 0.717) is 6.61 Å². The predicted molar refractivity (Wildman–Crippen MR) is 88.2 cm³/mol. The first kappa shape index (κ1) is 16.9. The van der Waals surface area contributed by atoms with Crippen LogP contribution >= 0.6 is 15.9 Å². The lowest BCUT2D eigenvalue weighted by molar-refractivity contribution is -0.0555. The van der Waals surface area contributed by atoms with Crippen LogP contribution in [0, 0.1) is 0 Å². The van der Waals surface area contributed by atoms with Crippen LogP contribution in [0.5, 0.6) is 0 Å². The summed E-state index contributed by atoms with van der Waals surface area (Å²) in [5.41, 5.74) is 7.48. The lowest BCUT2D eigenvalue weighted by Gasteiger charge is -2.35. The van der Waals surface area contributed by atoms with Crippen LogP contribution in [0.3, 0.4) is 0 Å². The molecule has 6 heteroatoms. The van der Waals surface area contributed by atoms with Gasteiger partial charge in [-0.3, -0.25) is 4.68 Å². The number of likely N-dealkylation sites (N-methyl/N-ethyl adjacent to an activating group) is 1. The Morgan fingerprint density at radius 1 is 1.48 bits per heavy atom. The Balaban J connectivity index is 2.24. The molecule has 0 saturated heterocycles. The summed E-state index contributed by atoms with van der Waals surface area (Å²) in [6, 6.07) is -0.140. The van der Waals surface area contributed by atoms with Gasteiger partial charge in [-0.1, -0.05) is 12.8 Å². The van der Waals surface area contributed by atoms with Crippen LogP contribution < -0.4 is 5.73 Å². The Hall–Kier alpha value is -0.430. The Morgan fingerprint density at radius 2 is 2.14 bits per heavy atom. The Bertz CT molecular complexity index is 455. The molecule has 2 N–H and O–H groups in total. The molecule has 1 aromatic rings. The number of rotatable bonds is 7. The summed E-state index contributed by atoms with van der Waals surface area (Å²) >= 11 is 3.61. The zero-order valence-corrected chi connectivity index (χ0v) is 14.9. The normalized spacial score (nSPS) is 19.3. The van der Waals surface area contributed by atoms with E-state index in [9.17, 15) is 0 Å². The molecule has 120 valence electrons. The van der Waals surface area contributed by atoms with Crippen molar-refractivity contribution in [3.63, 3.8) is 0 Å². The lowest BCUT2D eigenvalue weighted by Crippen LogP contribution is -2.43. The summed E-state index contributed by atoms with van der Waals surface area (Å²) in [6.07, 6.45) is 6.30.